The van der Waals surface area contributed by atoms with Gasteiger partial charge in [0.15, 0.2) is 17.1 Å². The number of rotatable bonds is 8. The minimum absolute atomic E-state index is 0.126. The molecule has 1 amide bonds. The Morgan fingerprint density at radius 1 is 0.971 bits per heavy atom. The van der Waals surface area contributed by atoms with E-state index in [1.807, 2.05) is 79.9 Å². The number of thioether (sulfide) groups is 1. The molecule has 0 fully saturated rings. The van der Waals surface area contributed by atoms with Gasteiger partial charge in [-0.1, -0.05) is 48.2 Å². The molecule has 4 rings (SSSR count). The summed E-state index contributed by atoms with van der Waals surface area (Å²) in [4.78, 5) is 12.9. The van der Waals surface area contributed by atoms with Crippen molar-refractivity contribution >= 4 is 23.4 Å². The van der Waals surface area contributed by atoms with Crippen LogP contribution in [0.1, 0.15) is 31.3 Å². The van der Waals surface area contributed by atoms with Gasteiger partial charge in [-0.15, -0.1) is 10.2 Å². The van der Waals surface area contributed by atoms with Crippen LogP contribution in [-0.4, -0.2) is 25.9 Å². The SMILES string of the molecule is Cc1ccccc1NC(=O)C(C)Sc1nnc(C(C)Oc2ccc(F)cc2)n1-c1ccccc1. The Morgan fingerprint density at radius 2 is 1.65 bits per heavy atom. The molecule has 1 aromatic heterocycles. The Bertz CT molecular complexity index is 1260. The lowest BCUT2D eigenvalue weighted by atomic mass is 10.2. The summed E-state index contributed by atoms with van der Waals surface area (Å²) in [5.41, 5.74) is 2.63. The summed E-state index contributed by atoms with van der Waals surface area (Å²) in [6, 6.07) is 23.2. The molecular weight excluding hydrogens is 451 g/mol. The molecule has 0 aliphatic carbocycles. The van der Waals surface area contributed by atoms with Crippen LogP contribution < -0.4 is 10.1 Å². The second kappa shape index (κ2) is 10.5. The first-order chi connectivity index (χ1) is 16.4. The lowest BCUT2D eigenvalue weighted by Crippen LogP contribution is -2.23. The molecule has 0 saturated carbocycles. The van der Waals surface area contributed by atoms with Crippen LogP contribution in [0.3, 0.4) is 0 Å². The average Bonchev–Trinajstić information content (AvgIpc) is 3.26. The third-order valence-corrected chi connectivity index (χ3v) is 6.26. The third-order valence-electron chi connectivity index (χ3n) is 5.22. The number of carbonyl (C=O) groups excluding carboxylic acids is 1. The van der Waals surface area contributed by atoms with Crippen molar-refractivity contribution in [1.29, 1.82) is 0 Å². The lowest BCUT2D eigenvalue weighted by molar-refractivity contribution is -0.115. The number of aromatic nitrogens is 3. The average molecular weight is 477 g/mol. The van der Waals surface area contributed by atoms with Gasteiger partial charge in [0, 0.05) is 11.4 Å². The topological polar surface area (TPSA) is 69.0 Å². The first-order valence-corrected chi connectivity index (χ1v) is 11.8. The summed E-state index contributed by atoms with van der Waals surface area (Å²) in [5.74, 6) is 0.643. The second-order valence-electron chi connectivity index (χ2n) is 7.79. The summed E-state index contributed by atoms with van der Waals surface area (Å²) in [6.45, 7) is 5.64. The van der Waals surface area contributed by atoms with E-state index >= 15 is 0 Å². The van der Waals surface area contributed by atoms with Crippen molar-refractivity contribution in [3.63, 3.8) is 0 Å². The zero-order valence-corrected chi connectivity index (χ0v) is 19.9. The van der Waals surface area contributed by atoms with Crippen molar-refractivity contribution in [2.75, 3.05) is 5.32 Å². The van der Waals surface area contributed by atoms with Gasteiger partial charge in [0.1, 0.15) is 11.6 Å². The molecule has 1 N–H and O–H groups in total. The Balaban J connectivity index is 1.58. The highest BCUT2D eigenvalue weighted by molar-refractivity contribution is 8.00. The van der Waals surface area contributed by atoms with Crippen LogP contribution in [0, 0.1) is 12.7 Å². The Hall–Kier alpha value is -3.65. The van der Waals surface area contributed by atoms with Gasteiger partial charge < -0.3 is 10.1 Å². The van der Waals surface area contributed by atoms with Gasteiger partial charge >= 0.3 is 0 Å². The van der Waals surface area contributed by atoms with Crippen molar-refractivity contribution in [2.24, 2.45) is 0 Å². The zero-order valence-electron chi connectivity index (χ0n) is 19.1. The number of para-hydroxylation sites is 2. The quantitative estimate of drug-likeness (QED) is 0.317. The van der Waals surface area contributed by atoms with Crippen LogP contribution in [0.25, 0.3) is 5.69 Å². The molecule has 0 aliphatic heterocycles. The first-order valence-electron chi connectivity index (χ1n) is 10.9. The Kier molecular flexibility index (Phi) is 7.27. The van der Waals surface area contributed by atoms with E-state index in [1.54, 1.807) is 12.1 Å². The number of amides is 1. The van der Waals surface area contributed by atoms with Crippen molar-refractivity contribution in [3.8, 4) is 11.4 Å². The van der Waals surface area contributed by atoms with Crippen LogP contribution in [0.15, 0.2) is 84.0 Å². The van der Waals surface area contributed by atoms with Gasteiger partial charge in [0.2, 0.25) is 5.91 Å². The van der Waals surface area contributed by atoms with E-state index in [4.69, 9.17) is 4.74 Å². The third kappa shape index (κ3) is 5.46. The maximum absolute atomic E-state index is 13.3. The van der Waals surface area contributed by atoms with Crippen LogP contribution in [0.5, 0.6) is 5.75 Å². The molecule has 6 nitrogen and oxygen atoms in total. The van der Waals surface area contributed by atoms with E-state index in [0.717, 1.165) is 16.9 Å². The number of ether oxygens (including phenoxy) is 1. The number of nitrogens with zero attached hydrogens (tertiary/aromatic N) is 3. The standard InChI is InChI=1S/C26H25FN4O2S/c1-17-9-7-8-12-23(17)28-25(32)19(3)34-26-30-29-24(31(26)21-10-5-4-6-11-21)18(2)33-22-15-13-20(27)14-16-22/h4-16,18-19H,1-3H3,(H,28,32). The maximum atomic E-state index is 13.3. The van der Waals surface area contributed by atoms with Crippen LogP contribution >= 0.6 is 11.8 Å². The molecule has 0 saturated heterocycles. The minimum Gasteiger partial charge on any atom is -0.483 e. The highest BCUT2D eigenvalue weighted by Crippen LogP contribution is 2.30. The molecule has 0 spiro atoms. The van der Waals surface area contributed by atoms with Crippen molar-refractivity contribution in [2.45, 2.75) is 37.3 Å². The molecule has 4 aromatic rings. The zero-order chi connectivity index (χ0) is 24.1. The first kappa shape index (κ1) is 23.5. The molecule has 1 heterocycles. The summed E-state index contributed by atoms with van der Waals surface area (Å²) >= 11 is 1.32. The number of benzene rings is 3. The molecule has 2 unspecified atom stereocenters. The van der Waals surface area contributed by atoms with Crippen molar-refractivity contribution < 1.29 is 13.9 Å². The lowest BCUT2D eigenvalue weighted by Gasteiger charge is -2.18. The van der Waals surface area contributed by atoms with E-state index in [9.17, 15) is 9.18 Å². The summed E-state index contributed by atoms with van der Waals surface area (Å²) < 4.78 is 21.1. The number of nitrogens with one attached hydrogen (secondary N) is 1. The fourth-order valence-electron chi connectivity index (χ4n) is 3.37. The van der Waals surface area contributed by atoms with Gasteiger partial charge in [0.05, 0.1) is 5.25 Å². The van der Waals surface area contributed by atoms with E-state index in [1.165, 1.54) is 23.9 Å². The molecule has 0 bridgehead atoms. The number of anilines is 1. The number of halogens is 1. The second-order valence-corrected chi connectivity index (χ2v) is 9.10. The number of hydrogen-bond donors (Lipinski definition) is 1. The fraction of sp³-hybridized carbons (Fsp3) is 0.192. The monoisotopic (exact) mass is 476 g/mol. The number of hydrogen-bond acceptors (Lipinski definition) is 5. The summed E-state index contributed by atoms with van der Waals surface area (Å²) in [7, 11) is 0. The molecule has 8 heteroatoms. The van der Waals surface area contributed by atoms with Crippen LogP contribution in [-0.2, 0) is 4.79 Å². The van der Waals surface area contributed by atoms with Crippen LogP contribution in [0.4, 0.5) is 10.1 Å². The van der Waals surface area contributed by atoms with Gasteiger partial charge in [0.25, 0.3) is 0 Å². The van der Waals surface area contributed by atoms with Gasteiger partial charge in [-0.3, -0.25) is 9.36 Å². The highest BCUT2D eigenvalue weighted by Gasteiger charge is 2.24. The summed E-state index contributed by atoms with van der Waals surface area (Å²) in [6.07, 6.45) is -0.469. The van der Waals surface area contributed by atoms with E-state index < -0.39 is 11.4 Å². The minimum atomic E-state index is -0.469. The van der Waals surface area contributed by atoms with E-state index in [-0.39, 0.29) is 11.7 Å². The largest absolute Gasteiger partial charge is 0.483 e. The Labute approximate surface area is 202 Å². The van der Waals surface area contributed by atoms with Gasteiger partial charge in [-0.05, 0) is 68.8 Å². The smallest absolute Gasteiger partial charge is 0.237 e. The fourth-order valence-corrected chi connectivity index (χ4v) is 4.24. The summed E-state index contributed by atoms with van der Waals surface area (Å²) in [5, 5.41) is 11.9. The molecule has 3 aromatic carbocycles. The van der Waals surface area contributed by atoms with E-state index in [0.29, 0.717) is 16.7 Å². The number of aryl methyl sites for hydroxylation is 1. The molecule has 174 valence electrons. The predicted molar refractivity (Wildman–Crippen MR) is 132 cm³/mol. The van der Waals surface area contributed by atoms with Crippen LogP contribution in [0.2, 0.25) is 0 Å². The molecular formula is C26H25FN4O2S. The van der Waals surface area contributed by atoms with Crippen molar-refractivity contribution in [3.05, 3.63) is 96.1 Å². The maximum Gasteiger partial charge on any atom is 0.237 e. The van der Waals surface area contributed by atoms with Crippen molar-refractivity contribution in [1.82, 2.24) is 14.8 Å². The molecule has 0 aliphatic rings. The van der Waals surface area contributed by atoms with E-state index in [2.05, 4.69) is 15.5 Å². The molecule has 0 radical (unpaired) electrons. The Morgan fingerprint density at radius 3 is 2.35 bits per heavy atom. The number of carbonyl (C=O) groups is 1. The van der Waals surface area contributed by atoms with Gasteiger partial charge in [-0.2, -0.15) is 0 Å². The molecule has 2 atom stereocenters. The highest BCUT2D eigenvalue weighted by atomic mass is 32.2. The normalized spacial score (nSPS) is 12.7. The van der Waals surface area contributed by atoms with Gasteiger partial charge in [-0.25, -0.2) is 4.39 Å². The molecule has 34 heavy (non-hydrogen) atoms. The predicted octanol–water partition coefficient (Wildman–Crippen LogP) is 5.97.